The quantitative estimate of drug-likeness (QED) is 0.841. The molecule has 1 aliphatic rings. The summed E-state index contributed by atoms with van der Waals surface area (Å²) in [7, 11) is 1.53. The van der Waals surface area contributed by atoms with Gasteiger partial charge in [-0.3, -0.25) is 0 Å². The highest BCUT2D eigenvalue weighted by Crippen LogP contribution is 2.24. The highest BCUT2D eigenvalue weighted by atomic mass is 19.1. The first-order valence-corrected chi connectivity index (χ1v) is 7.00. The zero-order valence-corrected chi connectivity index (χ0v) is 13.0. The summed E-state index contributed by atoms with van der Waals surface area (Å²) in [6.45, 7) is 9.32. The molecule has 114 valence electrons. The van der Waals surface area contributed by atoms with Crippen LogP contribution in [0.5, 0.6) is 0 Å². The lowest BCUT2D eigenvalue weighted by Crippen LogP contribution is -2.53. The van der Waals surface area contributed by atoms with Crippen molar-refractivity contribution in [2.45, 2.75) is 77.8 Å². The standard InChI is InChI=1S/C12H22FNO3.C2H6/c1-12(2,3)17-11(15)14-10-8(13)6-5-7-9(10)16-4;1-2/h8-10H,5-7H2,1-4H3,(H,14,15);1-2H3. The average molecular weight is 277 g/mol. The Hall–Kier alpha value is -0.840. The Bertz CT molecular complexity index is 266. The fourth-order valence-corrected chi connectivity index (χ4v) is 2.00. The number of alkyl halides is 1. The van der Waals surface area contributed by atoms with Gasteiger partial charge in [0.25, 0.3) is 0 Å². The van der Waals surface area contributed by atoms with Gasteiger partial charge in [0.2, 0.25) is 0 Å². The van der Waals surface area contributed by atoms with Crippen LogP contribution in [0.3, 0.4) is 0 Å². The van der Waals surface area contributed by atoms with Crippen LogP contribution in [-0.4, -0.2) is 37.1 Å². The Morgan fingerprint density at radius 2 is 1.84 bits per heavy atom. The van der Waals surface area contributed by atoms with E-state index in [4.69, 9.17) is 9.47 Å². The smallest absolute Gasteiger partial charge is 0.408 e. The molecule has 19 heavy (non-hydrogen) atoms. The minimum Gasteiger partial charge on any atom is -0.444 e. The highest BCUT2D eigenvalue weighted by Gasteiger charge is 2.35. The van der Waals surface area contributed by atoms with Gasteiger partial charge in [0.1, 0.15) is 11.8 Å². The molecule has 0 aromatic rings. The molecule has 5 heteroatoms. The number of rotatable bonds is 2. The number of alkyl carbamates (subject to hydrolysis) is 1. The molecule has 1 amide bonds. The average Bonchev–Trinajstić information content (AvgIpc) is 2.32. The predicted octanol–water partition coefficient (Wildman–Crippen LogP) is 3.44. The molecular weight excluding hydrogens is 249 g/mol. The molecule has 1 fully saturated rings. The minimum absolute atomic E-state index is 0.272. The van der Waals surface area contributed by atoms with Gasteiger partial charge in [-0.15, -0.1) is 0 Å². The third-order valence-corrected chi connectivity index (χ3v) is 2.74. The van der Waals surface area contributed by atoms with Crippen molar-refractivity contribution in [2.24, 2.45) is 0 Å². The van der Waals surface area contributed by atoms with Crippen LogP contribution >= 0.6 is 0 Å². The van der Waals surface area contributed by atoms with Gasteiger partial charge in [0.15, 0.2) is 0 Å². The molecule has 1 rings (SSSR count). The van der Waals surface area contributed by atoms with E-state index in [-0.39, 0.29) is 6.10 Å². The van der Waals surface area contributed by atoms with Gasteiger partial charge in [0.05, 0.1) is 12.1 Å². The number of amides is 1. The second kappa shape index (κ2) is 8.35. The third kappa shape index (κ3) is 6.76. The largest absolute Gasteiger partial charge is 0.444 e. The predicted molar refractivity (Wildman–Crippen MR) is 74.0 cm³/mol. The molecule has 1 saturated carbocycles. The molecule has 0 radical (unpaired) electrons. The minimum atomic E-state index is -1.07. The van der Waals surface area contributed by atoms with E-state index in [2.05, 4.69) is 5.32 Å². The molecule has 3 unspecified atom stereocenters. The molecule has 0 spiro atoms. The Balaban J connectivity index is 0.00000154. The number of nitrogens with one attached hydrogen (secondary N) is 1. The monoisotopic (exact) mass is 277 g/mol. The van der Waals surface area contributed by atoms with Crippen molar-refractivity contribution in [3.05, 3.63) is 0 Å². The van der Waals surface area contributed by atoms with Crippen molar-refractivity contribution in [2.75, 3.05) is 7.11 Å². The van der Waals surface area contributed by atoms with Crippen LogP contribution in [0.4, 0.5) is 9.18 Å². The van der Waals surface area contributed by atoms with Crippen LogP contribution in [0.2, 0.25) is 0 Å². The van der Waals surface area contributed by atoms with Crippen molar-refractivity contribution in [1.82, 2.24) is 5.32 Å². The van der Waals surface area contributed by atoms with Gasteiger partial charge in [0, 0.05) is 7.11 Å². The van der Waals surface area contributed by atoms with Crippen molar-refractivity contribution < 1.29 is 18.7 Å². The molecule has 0 bridgehead atoms. The van der Waals surface area contributed by atoms with Crippen molar-refractivity contribution in [3.63, 3.8) is 0 Å². The van der Waals surface area contributed by atoms with E-state index in [1.165, 1.54) is 7.11 Å². The van der Waals surface area contributed by atoms with Crippen LogP contribution in [0.1, 0.15) is 53.9 Å². The molecule has 0 heterocycles. The number of hydrogen-bond donors (Lipinski definition) is 1. The summed E-state index contributed by atoms with van der Waals surface area (Å²) in [6.07, 6.45) is 0.0748. The van der Waals surface area contributed by atoms with Gasteiger partial charge in [-0.25, -0.2) is 9.18 Å². The number of carbonyl (C=O) groups is 1. The van der Waals surface area contributed by atoms with Crippen LogP contribution in [0.15, 0.2) is 0 Å². The number of hydrogen-bond acceptors (Lipinski definition) is 3. The molecule has 1 N–H and O–H groups in total. The van der Waals surface area contributed by atoms with E-state index in [9.17, 15) is 9.18 Å². The van der Waals surface area contributed by atoms with Crippen molar-refractivity contribution in [1.29, 1.82) is 0 Å². The summed E-state index contributed by atoms with van der Waals surface area (Å²) in [5.41, 5.74) is -0.576. The topological polar surface area (TPSA) is 47.6 Å². The van der Waals surface area contributed by atoms with Crippen molar-refractivity contribution in [3.8, 4) is 0 Å². The zero-order chi connectivity index (χ0) is 15.1. The van der Waals surface area contributed by atoms with Gasteiger partial charge in [-0.05, 0) is 40.0 Å². The maximum absolute atomic E-state index is 13.7. The fraction of sp³-hybridized carbons (Fsp3) is 0.929. The van der Waals surface area contributed by atoms with E-state index in [0.29, 0.717) is 6.42 Å². The van der Waals surface area contributed by atoms with Gasteiger partial charge >= 0.3 is 6.09 Å². The summed E-state index contributed by atoms with van der Waals surface area (Å²) < 4.78 is 24.0. The first kappa shape index (κ1) is 18.2. The van der Waals surface area contributed by atoms with Crippen LogP contribution in [0, 0.1) is 0 Å². The maximum Gasteiger partial charge on any atom is 0.408 e. The van der Waals surface area contributed by atoms with E-state index in [1.54, 1.807) is 20.8 Å². The summed E-state index contributed by atoms with van der Waals surface area (Å²) in [5.74, 6) is 0. The molecule has 3 atom stereocenters. The lowest BCUT2D eigenvalue weighted by atomic mass is 9.91. The van der Waals surface area contributed by atoms with E-state index in [1.807, 2.05) is 13.8 Å². The van der Waals surface area contributed by atoms with Crippen LogP contribution in [-0.2, 0) is 9.47 Å². The molecule has 0 aromatic heterocycles. The maximum atomic E-state index is 13.7. The summed E-state index contributed by atoms with van der Waals surface area (Å²) in [4.78, 5) is 11.6. The summed E-state index contributed by atoms with van der Waals surface area (Å²) >= 11 is 0. The summed E-state index contributed by atoms with van der Waals surface area (Å²) in [5, 5.41) is 2.57. The number of halogens is 1. The second-order valence-corrected chi connectivity index (χ2v) is 5.39. The molecule has 1 aliphatic carbocycles. The van der Waals surface area contributed by atoms with Crippen LogP contribution in [0.25, 0.3) is 0 Å². The van der Waals surface area contributed by atoms with Crippen molar-refractivity contribution >= 4 is 6.09 Å². The molecule has 0 aromatic carbocycles. The van der Waals surface area contributed by atoms with Crippen LogP contribution < -0.4 is 5.32 Å². The number of ether oxygens (including phenoxy) is 2. The SMILES string of the molecule is CC.COC1CCCC(F)C1NC(=O)OC(C)(C)C. The Morgan fingerprint density at radius 3 is 2.32 bits per heavy atom. The third-order valence-electron chi connectivity index (χ3n) is 2.74. The lowest BCUT2D eigenvalue weighted by molar-refractivity contribution is -0.00384. The van der Waals surface area contributed by atoms with Gasteiger partial charge < -0.3 is 14.8 Å². The normalized spacial score (nSPS) is 27.0. The molecular formula is C14H28FNO3. The van der Waals surface area contributed by atoms with Gasteiger partial charge in [-0.2, -0.15) is 0 Å². The summed E-state index contributed by atoms with van der Waals surface area (Å²) in [6, 6.07) is -0.608. The highest BCUT2D eigenvalue weighted by molar-refractivity contribution is 5.68. The molecule has 0 aliphatic heterocycles. The molecule has 4 nitrogen and oxygen atoms in total. The Labute approximate surface area is 116 Å². The first-order chi connectivity index (χ1) is 8.83. The Morgan fingerprint density at radius 1 is 1.26 bits per heavy atom. The number of carbonyl (C=O) groups excluding carboxylic acids is 1. The second-order valence-electron chi connectivity index (χ2n) is 5.39. The fourth-order valence-electron chi connectivity index (χ4n) is 2.00. The first-order valence-electron chi connectivity index (χ1n) is 7.00. The van der Waals surface area contributed by atoms with Gasteiger partial charge in [-0.1, -0.05) is 13.8 Å². The van der Waals surface area contributed by atoms with E-state index >= 15 is 0 Å². The Kier molecular flexibility index (Phi) is 7.99. The number of methoxy groups -OCH3 is 1. The van der Waals surface area contributed by atoms with E-state index in [0.717, 1.165) is 12.8 Å². The lowest BCUT2D eigenvalue weighted by Gasteiger charge is -2.34. The van der Waals surface area contributed by atoms with E-state index < -0.39 is 23.9 Å². The zero-order valence-electron chi connectivity index (χ0n) is 13.0. The molecule has 0 saturated heterocycles.